The van der Waals surface area contributed by atoms with E-state index in [0.29, 0.717) is 11.2 Å². The van der Waals surface area contributed by atoms with Gasteiger partial charge in [-0.2, -0.15) is 0 Å². The molecule has 3 aliphatic carbocycles. The average Bonchev–Trinajstić information content (AvgIpc) is 3.78. The number of allylic oxidation sites excluding steroid dienone is 7. The molecule has 1 aromatic heterocycles. The van der Waals surface area contributed by atoms with Gasteiger partial charge in [0.1, 0.15) is 0 Å². The van der Waals surface area contributed by atoms with Gasteiger partial charge in [0, 0.05) is 37.8 Å². The highest BCUT2D eigenvalue weighted by atomic mass is 32.2. The molecule has 2 atom stereocenters. The van der Waals surface area contributed by atoms with Gasteiger partial charge in [0.2, 0.25) is 0 Å². The van der Waals surface area contributed by atoms with Crippen LogP contribution in [0.3, 0.4) is 0 Å². The van der Waals surface area contributed by atoms with Gasteiger partial charge in [-0.15, -0.1) is 11.8 Å². The molecule has 8 aromatic rings. The Hall–Kier alpha value is -6.29. The second-order valence-electron chi connectivity index (χ2n) is 16.7. The summed E-state index contributed by atoms with van der Waals surface area (Å²) in [5, 5.41) is 5.20. The Morgan fingerprint density at radius 3 is 2.03 bits per heavy atom. The van der Waals surface area contributed by atoms with Crippen LogP contribution in [0.4, 0.5) is 0 Å². The molecular weight excluding hydrogens is 721 g/mol. The number of aromatic nitrogens is 2. The Labute approximate surface area is 343 Å². The minimum absolute atomic E-state index is 0.107. The number of rotatable bonds is 4. The zero-order valence-corrected chi connectivity index (χ0v) is 33.4. The van der Waals surface area contributed by atoms with Crippen molar-refractivity contribution < 1.29 is 0 Å². The van der Waals surface area contributed by atoms with Crippen LogP contribution in [0.15, 0.2) is 175 Å². The van der Waals surface area contributed by atoms with E-state index in [1.54, 1.807) is 0 Å². The van der Waals surface area contributed by atoms with Crippen molar-refractivity contribution in [3.63, 3.8) is 0 Å². The molecule has 12 rings (SSSR count). The van der Waals surface area contributed by atoms with Gasteiger partial charge in [-0.05, 0) is 97.0 Å². The summed E-state index contributed by atoms with van der Waals surface area (Å²) in [5.74, 6) is 0.467. The minimum Gasteiger partial charge on any atom is -0.252 e. The summed E-state index contributed by atoms with van der Waals surface area (Å²) in [7, 11) is 0. The molecule has 0 bridgehead atoms. The number of thioether (sulfide) groups is 1. The fraction of sp³-hybridized carbons (Fsp3) is 0.127. The van der Waals surface area contributed by atoms with E-state index in [0.717, 1.165) is 45.9 Å². The van der Waals surface area contributed by atoms with E-state index >= 15 is 0 Å². The summed E-state index contributed by atoms with van der Waals surface area (Å²) >= 11 is 2.02. The molecule has 0 saturated heterocycles. The van der Waals surface area contributed by atoms with Gasteiger partial charge in [-0.3, -0.25) is 4.98 Å². The predicted octanol–water partition coefficient (Wildman–Crippen LogP) is 14.5. The van der Waals surface area contributed by atoms with Gasteiger partial charge in [-0.25, -0.2) is 4.98 Å². The maximum atomic E-state index is 5.23. The van der Waals surface area contributed by atoms with E-state index in [1.165, 1.54) is 76.9 Å². The van der Waals surface area contributed by atoms with Crippen LogP contribution in [0.5, 0.6) is 0 Å². The van der Waals surface area contributed by atoms with Gasteiger partial charge >= 0.3 is 0 Å². The van der Waals surface area contributed by atoms with Crippen LogP contribution in [0, 0.1) is 0 Å². The molecule has 4 aliphatic rings. The van der Waals surface area contributed by atoms with Crippen molar-refractivity contribution >= 4 is 55.5 Å². The van der Waals surface area contributed by atoms with Crippen molar-refractivity contribution in [2.75, 3.05) is 0 Å². The average molecular weight is 761 g/mol. The molecule has 1 aliphatic heterocycles. The Morgan fingerprint density at radius 1 is 0.603 bits per heavy atom. The van der Waals surface area contributed by atoms with Crippen LogP contribution in [0.25, 0.3) is 77.2 Å². The van der Waals surface area contributed by atoms with Crippen molar-refractivity contribution in [1.29, 1.82) is 0 Å². The minimum atomic E-state index is -0.107. The number of hydrogen-bond acceptors (Lipinski definition) is 3. The SMILES string of the molecule is CC1(C)c2cc(C3=CCCC(c4ccc(-c5cnc6c7ccccc7c7ccccc7c6n5)cc4)=C3)ccc2-c2ccc(-c3cccc4c3SC3C=CC=CC43)cc21. The number of hydrogen-bond donors (Lipinski definition) is 0. The predicted molar refractivity (Wildman–Crippen MR) is 245 cm³/mol. The zero-order valence-electron chi connectivity index (χ0n) is 32.5. The lowest BCUT2D eigenvalue weighted by Crippen LogP contribution is -2.15. The first-order valence-corrected chi connectivity index (χ1v) is 21.4. The van der Waals surface area contributed by atoms with E-state index in [4.69, 9.17) is 9.97 Å². The molecule has 7 aromatic carbocycles. The van der Waals surface area contributed by atoms with Crippen LogP contribution >= 0.6 is 11.8 Å². The number of fused-ring (bicyclic) bond motifs is 12. The number of benzene rings is 7. The molecular formula is C55H40N2S. The second-order valence-corrected chi connectivity index (χ2v) is 17.9. The molecule has 2 unspecified atom stereocenters. The largest absolute Gasteiger partial charge is 0.252 e. The highest BCUT2D eigenvalue weighted by molar-refractivity contribution is 8.00. The third-order valence-electron chi connectivity index (χ3n) is 13.1. The highest BCUT2D eigenvalue weighted by Gasteiger charge is 2.37. The Balaban J connectivity index is 0.839. The van der Waals surface area contributed by atoms with Crippen molar-refractivity contribution in [3.8, 4) is 33.5 Å². The first kappa shape index (κ1) is 33.8. The van der Waals surface area contributed by atoms with Crippen molar-refractivity contribution in [2.24, 2.45) is 0 Å². The molecule has 2 heterocycles. The molecule has 0 radical (unpaired) electrons. The summed E-state index contributed by atoms with van der Waals surface area (Å²) in [6.07, 6.45) is 17.9. The summed E-state index contributed by atoms with van der Waals surface area (Å²) < 4.78 is 0. The van der Waals surface area contributed by atoms with Crippen LogP contribution < -0.4 is 0 Å². The Bertz CT molecular complexity index is 3140. The van der Waals surface area contributed by atoms with Gasteiger partial charge in [0.15, 0.2) is 0 Å². The second kappa shape index (κ2) is 12.9. The fourth-order valence-corrected chi connectivity index (χ4v) is 11.6. The maximum absolute atomic E-state index is 5.23. The summed E-state index contributed by atoms with van der Waals surface area (Å²) in [6.45, 7) is 4.81. The molecule has 2 nitrogen and oxygen atoms in total. The summed E-state index contributed by atoms with van der Waals surface area (Å²) in [4.78, 5) is 11.7. The third-order valence-corrected chi connectivity index (χ3v) is 14.6. The van der Waals surface area contributed by atoms with Crippen LogP contribution in [0.2, 0.25) is 0 Å². The fourth-order valence-electron chi connectivity index (χ4n) is 10.1. The van der Waals surface area contributed by atoms with Crippen molar-refractivity contribution in [3.05, 3.63) is 198 Å². The van der Waals surface area contributed by atoms with Crippen molar-refractivity contribution in [1.82, 2.24) is 9.97 Å². The van der Waals surface area contributed by atoms with E-state index in [2.05, 4.69) is 178 Å². The molecule has 0 fully saturated rings. The maximum Gasteiger partial charge on any atom is 0.0979 e. The monoisotopic (exact) mass is 760 g/mol. The topological polar surface area (TPSA) is 25.8 Å². The van der Waals surface area contributed by atoms with Crippen LogP contribution in [-0.2, 0) is 5.41 Å². The Morgan fingerprint density at radius 2 is 1.26 bits per heavy atom. The molecule has 58 heavy (non-hydrogen) atoms. The third kappa shape index (κ3) is 5.12. The lowest BCUT2D eigenvalue weighted by atomic mass is 9.80. The molecule has 0 N–H and O–H groups in total. The van der Waals surface area contributed by atoms with E-state index in [9.17, 15) is 0 Å². The van der Waals surface area contributed by atoms with Gasteiger partial charge in [0.05, 0.1) is 22.9 Å². The van der Waals surface area contributed by atoms with E-state index in [-0.39, 0.29) is 5.41 Å². The zero-order chi connectivity index (χ0) is 38.5. The molecule has 0 amide bonds. The van der Waals surface area contributed by atoms with Gasteiger partial charge < -0.3 is 0 Å². The highest BCUT2D eigenvalue weighted by Crippen LogP contribution is 2.54. The van der Waals surface area contributed by atoms with Crippen LogP contribution in [-0.4, -0.2) is 15.2 Å². The van der Waals surface area contributed by atoms with Crippen molar-refractivity contribution in [2.45, 2.75) is 48.2 Å². The first-order chi connectivity index (χ1) is 28.5. The van der Waals surface area contributed by atoms with Gasteiger partial charge in [-0.1, -0.05) is 166 Å². The van der Waals surface area contributed by atoms with E-state index < -0.39 is 0 Å². The van der Waals surface area contributed by atoms with Gasteiger partial charge in [0.25, 0.3) is 0 Å². The van der Waals surface area contributed by atoms with E-state index in [1.807, 2.05) is 18.0 Å². The molecule has 3 heteroatoms. The standard InChI is InChI=1S/C55H40N2S/c1-55(2)48-30-37(25-27-42(48)43-28-26-38(31-49(43)55)39-18-10-19-47-44-15-7-8-20-51(44)58-54(39)47)36-12-9-11-35(29-36)33-21-23-34(24-22-33)50-32-56-52-45-16-5-3-13-40(45)41-14-4-6-17-46(41)53(52)57-50/h3-8,10,12-32,44,51H,9,11H2,1-2H3. The normalized spacial score (nSPS) is 18.5. The quantitative estimate of drug-likeness (QED) is 0.167. The summed E-state index contributed by atoms with van der Waals surface area (Å²) in [5.41, 5.74) is 18.7. The lowest BCUT2D eigenvalue weighted by molar-refractivity contribution is 0.660. The Kier molecular flexibility index (Phi) is 7.50. The van der Waals surface area contributed by atoms with Crippen LogP contribution in [0.1, 0.15) is 60.4 Å². The molecule has 0 spiro atoms. The molecule has 0 saturated carbocycles. The number of nitrogens with zero attached hydrogens (tertiary/aromatic N) is 2. The first-order valence-electron chi connectivity index (χ1n) is 20.5. The lowest BCUT2D eigenvalue weighted by Gasteiger charge is -2.23. The molecule has 276 valence electrons. The smallest absolute Gasteiger partial charge is 0.0979 e. The summed E-state index contributed by atoms with van der Waals surface area (Å²) in [6, 6.07) is 47.3.